The lowest BCUT2D eigenvalue weighted by Crippen LogP contribution is -2.34. The van der Waals surface area contributed by atoms with Gasteiger partial charge < -0.3 is 10.6 Å². The molecular weight excluding hydrogens is 386 g/mol. The third-order valence-electron chi connectivity index (χ3n) is 4.45. The van der Waals surface area contributed by atoms with Crippen molar-refractivity contribution in [2.45, 2.75) is 40.2 Å². The van der Waals surface area contributed by atoms with Crippen molar-refractivity contribution in [1.82, 2.24) is 20.1 Å². The molecule has 3 aromatic rings. The number of thiazole rings is 1. The van der Waals surface area contributed by atoms with Gasteiger partial charge in [-0.2, -0.15) is 5.10 Å². The predicted molar refractivity (Wildman–Crippen MR) is 117 cm³/mol. The zero-order valence-electron chi connectivity index (χ0n) is 17.0. The summed E-state index contributed by atoms with van der Waals surface area (Å²) in [5.41, 5.74) is 3.33. The van der Waals surface area contributed by atoms with Gasteiger partial charge >= 0.3 is 6.03 Å². The first kappa shape index (κ1) is 20.7. The number of hydrogen-bond acceptors (Lipinski definition) is 5. The Labute approximate surface area is 173 Å². The number of nitrogens with zero attached hydrogens (tertiary/aromatic N) is 3. The summed E-state index contributed by atoms with van der Waals surface area (Å²) in [6, 6.07) is 10.6. The number of aromatic nitrogens is 3. The molecule has 8 heteroatoms. The Morgan fingerprint density at radius 1 is 1.14 bits per heavy atom. The number of anilines is 1. The van der Waals surface area contributed by atoms with Crippen LogP contribution in [0.3, 0.4) is 0 Å². The highest BCUT2D eigenvalue weighted by Gasteiger charge is 2.11. The minimum atomic E-state index is -0.319. The van der Waals surface area contributed by atoms with Crippen molar-refractivity contribution >= 4 is 23.1 Å². The van der Waals surface area contributed by atoms with Gasteiger partial charge in [-0.1, -0.05) is 26.0 Å². The Morgan fingerprint density at radius 3 is 2.48 bits per heavy atom. The zero-order chi connectivity index (χ0) is 21.0. The van der Waals surface area contributed by atoms with Crippen molar-refractivity contribution in [2.24, 2.45) is 0 Å². The van der Waals surface area contributed by atoms with Crippen LogP contribution in [-0.2, 0) is 6.54 Å². The molecule has 29 heavy (non-hydrogen) atoms. The number of hydrogen-bond donors (Lipinski definition) is 2. The fourth-order valence-corrected chi connectivity index (χ4v) is 3.79. The lowest BCUT2D eigenvalue weighted by Gasteiger charge is -2.10. The van der Waals surface area contributed by atoms with Crippen LogP contribution in [-0.4, -0.2) is 27.3 Å². The summed E-state index contributed by atoms with van der Waals surface area (Å²) in [4.78, 5) is 29.6. The van der Waals surface area contributed by atoms with Crippen LogP contribution >= 0.6 is 11.3 Å². The summed E-state index contributed by atoms with van der Waals surface area (Å²) >= 11 is 1.55. The monoisotopic (exact) mass is 411 g/mol. The largest absolute Gasteiger partial charge is 0.336 e. The summed E-state index contributed by atoms with van der Waals surface area (Å²) in [7, 11) is 0. The second kappa shape index (κ2) is 9.00. The van der Waals surface area contributed by atoms with E-state index in [2.05, 4.69) is 34.6 Å². The van der Waals surface area contributed by atoms with E-state index in [9.17, 15) is 9.59 Å². The molecule has 0 aliphatic heterocycles. The van der Waals surface area contributed by atoms with Crippen molar-refractivity contribution in [1.29, 1.82) is 0 Å². The molecule has 2 aromatic heterocycles. The Bertz CT molecular complexity index is 1050. The molecule has 0 unspecified atom stereocenters. The molecule has 0 aliphatic carbocycles. The van der Waals surface area contributed by atoms with Gasteiger partial charge in [-0.25, -0.2) is 14.5 Å². The van der Waals surface area contributed by atoms with E-state index in [0.717, 1.165) is 21.3 Å². The first-order valence-corrected chi connectivity index (χ1v) is 10.3. The molecule has 0 bridgehead atoms. The normalized spacial score (nSPS) is 10.9. The van der Waals surface area contributed by atoms with Crippen LogP contribution in [0.2, 0.25) is 0 Å². The lowest BCUT2D eigenvalue weighted by atomic mass is 10.0. The van der Waals surface area contributed by atoms with Gasteiger partial charge in [0.2, 0.25) is 0 Å². The Hall–Kier alpha value is -3.00. The average Bonchev–Trinajstić information content (AvgIpc) is 3.02. The summed E-state index contributed by atoms with van der Waals surface area (Å²) in [6.07, 6.45) is 0. The van der Waals surface area contributed by atoms with Crippen molar-refractivity contribution < 1.29 is 4.79 Å². The first-order valence-electron chi connectivity index (χ1n) is 9.51. The van der Waals surface area contributed by atoms with Crippen LogP contribution < -0.4 is 16.2 Å². The molecule has 0 fully saturated rings. The van der Waals surface area contributed by atoms with E-state index in [4.69, 9.17) is 0 Å². The molecule has 0 spiro atoms. The molecule has 2 heterocycles. The highest BCUT2D eigenvalue weighted by molar-refractivity contribution is 7.15. The molecule has 0 saturated heterocycles. The zero-order valence-corrected chi connectivity index (χ0v) is 17.8. The quantitative estimate of drug-likeness (QED) is 0.643. The van der Waals surface area contributed by atoms with Gasteiger partial charge in [-0.05, 0) is 43.5 Å². The molecule has 1 aromatic carbocycles. The van der Waals surface area contributed by atoms with Gasteiger partial charge in [0.1, 0.15) is 5.69 Å². The minimum Gasteiger partial charge on any atom is -0.336 e. The van der Waals surface area contributed by atoms with Crippen LogP contribution in [0.15, 0.2) is 41.2 Å². The number of nitrogens with one attached hydrogen (secondary N) is 2. The lowest BCUT2D eigenvalue weighted by molar-refractivity contribution is 0.251. The molecule has 2 N–H and O–H groups in total. The topological polar surface area (TPSA) is 88.9 Å². The number of carbonyl (C=O) groups is 1. The molecule has 0 aliphatic rings. The van der Waals surface area contributed by atoms with E-state index in [1.54, 1.807) is 17.4 Å². The van der Waals surface area contributed by atoms with Crippen LogP contribution in [0.4, 0.5) is 10.5 Å². The number of rotatable bonds is 6. The number of aryl methyl sites for hydroxylation is 2. The highest BCUT2D eigenvalue weighted by Crippen LogP contribution is 2.27. The standard InChI is InChI=1S/C21H25N5O2S/c1-13(2)16-5-7-17(8-6-16)24-21(28)22-11-12-26-19(27)10-9-18(25-26)20-14(3)23-15(4)29-20/h5-10,13H,11-12H2,1-4H3,(H2,22,24,28). The van der Waals surface area contributed by atoms with Crippen molar-refractivity contribution in [2.75, 3.05) is 11.9 Å². The maximum Gasteiger partial charge on any atom is 0.319 e. The summed E-state index contributed by atoms with van der Waals surface area (Å²) in [6.45, 7) is 8.68. The summed E-state index contributed by atoms with van der Waals surface area (Å²) < 4.78 is 1.36. The number of carbonyl (C=O) groups excluding carboxylic acids is 1. The number of amides is 2. The third kappa shape index (κ3) is 5.29. The maximum absolute atomic E-state index is 12.1. The SMILES string of the molecule is Cc1nc(C)c(-c2ccc(=O)n(CCNC(=O)Nc3ccc(C(C)C)cc3)n2)s1. The van der Waals surface area contributed by atoms with E-state index in [1.807, 2.05) is 38.1 Å². The molecule has 7 nitrogen and oxygen atoms in total. The number of urea groups is 1. The molecule has 0 radical (unpaired) electrons. The van der Waals surface area contributed by atoms with Gasteiger partial charge in [0.05, 0.1) is 22.1 Å². The average molecular weight is 412 g/mol. The Kier molecular flexibility index (Phi) is 6.43. The van der Waals surface area contributed by atoms with E-state index in [-0.39, 0.29) is 24.7 Å². The van der Waals surface area contributed by atoms with E-state index < -0.39 is 0 Å². The van der Waals surface area contributed by atoms with Gasteiger partial charge in [0.25, 0.3) is 5.56 Å². The third-order valence-corrected chi connectivity index (χ3v) is 5.54. The molecule has 0 atom stereocenters. The summed E-state index contributed by atoms with van der Waals surface area (Å²) in [5, 5.41) is 10.9. The maximum atomic E-state index is 12.1. The Balaban J connectivity index is 1.58. The summed E-state index contributed by atoms with van der Waals surface area (Å²) in [5.74, 6) is 0.442. The van der Waals surface area contributed by atoms with E-state index in [0.29, 0.717) is 11.6 Å². The number of benzene rings is 1. The fraction of sp³-hybridized carbons (Fsp3) is 0.333. The second-order valence-corrected chi connectivity index (χ2v) is 8.29. The predicted octanol–water partition coefficient (Wildman–Crippen LogP) is 3.93. The molecule has 3 rings (SSSR count). The van der Waals surface area contributed by atoms with Crippen LogP contribution in [0.5, 0.6) is 0 Å². The van der Waals surface area contributed by atoms with Crippen LogP contribution in [0.25, 0.3) is 10.6 Å². The van der Waals surface area contributed by atoms with Gasteiger partial charge in [-0.15, -0.1) is 11.3 Å². The smallest absolute Gasteiger partial charge is 0.319 e. The second-order valence-electron chi connectivity index (χ2n) is 7.08. The van der Waals surface area contributed by atoms with Gasteiger partial charge in [-0.3, -0.25) is 4.79 Å². The van der Waals surface area contributed by atoms with E-state index in [1.165, 1.54) is 16.3 Å². The van der Waals surface area contributed by atoms with Crippen molar-refractivity contribution in [3.05, 3.63) is 63.0 Å². The highest BCUT2D eigenvalue weighted by atomic mass is 32.1. The van der Waals surface area contributed by atoms with Crippen LogP contribution in [0.1, 0.15) is 36.0 Å². The molecule has 0 saturated carbocycles. The van der Waals surface area contributed by atoms with Gasteiger partial charge in [0, 0.05) is 18.3 Å². The van der Waals surface area contributed by atoms with E-state index >= 15 is 0 Å². The first-order chi connectivity index (χ1) is 13.8. The Morgan fingerprint density at radius 2 is 1.86 bits per heavy atom. The minimum absolute atomic E-state index is 0.209. The van der Waals surface area contributed by atoms with Crippen molar-refractivity contribution in [3.8, 4) is 10.6 Å². The molecular formula is C21H25N5O2S. The molecule has 2 amide bonds. The fourth-order valence-electron chi connectivity index (χ4n) is 2.90. The van der Waals surface area contributed by atoms with Crippen molar-refractivity contribution in [3.63, 3.8) is 0 Å². The molecule has 152 valence electrons. The van der Waals surface area contributed by atoms with Crippen LogP contribution in [0, 0.1) is 13.8 Å². The van der Waals surface area contributed by atoms with Gasteiger partial charge in [0.15, 0.2) is 0 Å².